The van der Waals surface area contributed by atoms with Gasteiger partial charge in [0.15, 0.2) is 0 Å². The molecule has 0 atom stereocenters. The molecule has 0 unspecified atom stereocenters. The number of benzene rings is 1. The molecule has 0 spiro atoms. The van der Waals surface area contributed by atoms with E-state index in [0.717, 1.165) is 7.11 Å². The molecule has 6 heteroatoms. The number of carbonyl (C=O) groups is 1. The zero-order valence-electron chi connectivity index (χ0n) is 9.38. The van der Waals surface area contributed by atoms with Gasteiger partial charge in [-0.15, -0.1) is 0 Å². The summed E-state index contributed by atoms with van der Waals surface area (Å²) >= 11 is 0. The summed E-state index contributed by atoms with van der Waals surface area (Å²) < 4.78 is 28.9. The second-order valence-corrected chi connectivity index (χ2v) is 5.26. The minimum absolute atomic E-state index is 0.0776. The molecule has 0 radical (unpaired) electrons. The molecule has 1 aromatic carbocycles. The van der Waals surface area contributed by atoms with Crippen LogP contribution in [0.5, 0.6) is 0 Å². The van der Waals surface area contributed by atoms with Gasteiger partial charge in [-0.05, 0) is 24.3 Å². The fourth-order valence-electron chi connectivity index (χ4n) is 1.65. The summed E-state index contributed by atoms with van der Waals surface area (Å²) in [6.07, 6.45) is 1.61. The summed E-state index contributed by atoms with van der Waals surface area (Å²) in [5.74, 6) is -0.123. The van der Waals surface area contributed by atoms with Crippen LogP contribution in [0.15, 0.2) is 35.4 Å². The van der Waals surface area contributed by atoms with Gasteiger partial charge in [0, 0.05) is 18.5 Å². The maximum atomic E-state index is 11.5. The summed E-state index contributed by atoms with van der Waals surface area (Å²) in [7, 11) is -2.58. The molecule has 0 saturated heterocycles. The summed E-state index contributed by atoms with van der Waals surface area (Å²) in [4.78, 5) is 11.4. The molecule has 1 heterocycles. The number of aromatic nitrogens is 1. The van der Waals surface area contributed by atoms with Gasteiger partial charge in [0.2, 0.25) is 5.91 Å². The molecule has 0 aliphatic heterocycles. The molecule has 0 N–H and O–H groups in total. The topological polar surface area (TPSA) is 65.4 Å². The molecule has 17 heavy (non-hydrogen) atoms. The van der Waals surface area contributed by atoms with E-state index in [0.29, 0.717) is 10.9 Å². The third-order valence-electron chi connectivity index (χ3n) is 2.51. The molecule has 2 rings (SSSR count). The van der Waals surface area contributed by atoms with Gasteiger partial charge in [0.25, 0.3) is 10.1 Å². The van der Waals surface area contributed by atoms with Crippen LogP contribution >= 0.6 is 0 Å². The lowest BCUT2D eigenvalue weighted by Crippen LogP contribution is -2.04. The first-order valence-electron chi connectivity index (χ1n) is 4.88. The van der Waals surface area contributed by atoms with Crippen molar-refractivity contribution < 1.29 is 17.4 Å². The van der Waals surface area contributed by atoms with Crippen LogP contribution in [0.3, 0.4) is 0 Å². The molecule has 90 valence electrons. The Morgan fingerprint density at radius 1 is 1.29 bits per heavy atom. The highest BCUT2D eigenvalue weighted by atomic mass is 32.2. The molecule has 0 bridgehead atoms. The van der Waals surface area contributed by atoms with Crippen molar-refractivity contribution in [2.24, 2.45) is 0 Å². The van der Waals surface area contributed by atoms with Crippen LogP contribution in [-0.2, 0) is 14.3 Å². The number of carbonyl (C=O) groups excluding carboxylic acids is 1. The van der Waals surface area contributed by atoms with Crippen LogP contribution in [0, 0.1) is 0 Å². The highest BCUT2D eigenvalue weighted by Crippen LogP contribution is 2.21. The quantitative estimate of drug-likeness (QED) is 0.763. The molecule has 0 fully saturated rings. The third-order valence-corrected chi connectivity index (χ3v) is 3.78. The standard InChI is InChI=1S/C11H11NO4S/c1-8(13)12-6-5-9-7-10(3-4-11(9)12)17(14,15)16-2/h3-7H,1-2H3. The molecular formula is C11H11NO4S. The maximum Gasteiger partial charge on any atom is 0.296 e. The fraction of sp³-hybridized carbons (Fsp3) is 0.182. The van der Waals surface area contributed by atoms with Gasteiger partial charge in [-0.1, -0.05) is 0 Å². The zero-order valence-corrected chi connectivity index (χ0v) is 10.2. The van der Waals surface area contributed by atoms with Crippen molar-refractivity contribution in [3.05, 3.63) is 30.5 Å². The van der Waals surface area contributed by atoms with Crippen molar-refractivity contribution in [3.63, 3.8) is 0 Å². The lowest BCUT2D eigenvalue weighted by molar-refractivity contribution is 0.0941. The van der Waals surface area contributed by atoms with E-state index in [2.05, 4.69) is 4.18 Å². The average Bonchev–Trinajstić information content (AvgIpc) is 2.71. The first-order valence-corrected chi connectivity index (χ1v) is 6.29. The van der Waals surface area contributed by atoms with Crippen LogP contribution in [-0.4, -0.2) is 26.0 Å². The Morgan fingerprint density at radius 2 is 2.00 bits per heavy atom. The van der Waals surface area contributed by atoms with Crippen LogP contribution in [0.2, 0.25) is 0 Å². The SMILES string of the molecule is COS(=O)(=O)c1ccc2c(ccn2C(C)=O)c1. The van der Waals surface area contributed by atoms with Crippen LogP contribution in [0.1, 0.15) is 11.7 Å². The number of nitrogens with zero attached hydrogens (tertiary/aromatic N) is 1. The van der Waals surface area contributed by atoms with E-state index in [1.807, 2.05) is 0 Å². The van der Waals surface area contributed by atoms with E-state index in [9.17, 15) is 13.2 Å². The molecule has 1 aromatic heterocycles. The predicted molar refractivity (Wildman–Crippen MR) is 62.4 cm³/mol. The lowest BCUT2D eigenvalue weighted by atomic mass is 10.2. The van der Waals surface area contributed by atoms with Crippen molar-refractivity contribution in [3.8, 4) is 0 Å². The molecule has 0 saturated carbocycles. The minimum atomic E-state index is -3.69. The number of hydrogen-bond acceptors (Lipinski definition) is 4. The fourth-order valence-corrected chi connectivity index (χ4v) is 2.35. The number of fused-ring (bicyclic) bond motifs is 1. The highest BCUT2D eigenvalue weighted by Gasteiger charge is 2.14. The summed E-state index contributed by atoms with van der Waals surface area (Å²) in [5.41, 5.74) is 0.674. The van der Waals surface area contributed by atoms with E-state index < -0.39 is 10.1 Å². The number of hydrogen-bond donors (Lipinski definition) is 0. The van der Waals surface area contributed by atoms with Crippen molar-refractivity contribution in [1.29, 1.82) is 0 Å². The van der Waals surface area contributed by atoms with Gasteiger partial charge >= 0.3 is 0 Å². The van der Waals surface area contributed by atoms with Crippen LogP contribution < -0.4 is 0 Å². The Hall–Kier alpha value is -1.66. The Bertz CT molecular complexity index is 685. The van der Waals surface area contributed by atoms with Gasteiger partial charge in [-0.25, -0.2) is 0 Å². The van der Waals surface area contributed by atoms with Gasteiger partial charge in [-0.3, -0.25) is 13.5 Å². The molecule has 2 aromatic rings. The first kappa shape index (κ1) is 11.8. The summed E-state index contributed by atoms with van der Waals surface area (Å²) in [5, 5.41) is 0.679. The molecular weight excluding hydrogens is 242 g/mol. The average molecular weight is 253 g/mol. The minimum Gasteiger partial charge on any atom is -0.287 e. The van der Waals surface area contributed by atoms with E-state index in [-0.39, 0.29) is 10.8 Å². The second kappa shape index (κ2) is 3.97. The molecule has 5 nitrogen and oxygen atoms in total. The van der Waals surface area contributed by atoms with Gasteiger partial charge in [0.1, 0.15) is 0 Å². The Morgan fingerprint density at radius 3 is 2.59 bits per heavy atom. The molecule has 0 aliphatic carbocycles. The predicted octanol–water partition coefficient (Wildman–Crippen LogP) is 1.64. The zero-order chi connectivity index (χ0) is 12.6. The highest BCUT2D eigenvalue weighted by molar-refractivity contribution is 7.86. The summed E-state index contributed by atoms with van der Waals surface area (Å²) in [6.45, 7) is 1.44. The van der Waals surface area contributed by atoms with Crippen LogP contribution in [0.25, 0.3) is 10.9 Å². The molecule has 0 aliphatic rings. The monoisotopic (exact) mass is 253 g/mol. The Kier molecular flexibility index (Phi) is 2.76. The second-order valence-electron chi connectivity index (χ2n) is 3.55. The van der Waals surface area contributed by atoms with E-state index in [1.165, 1.54) is 23.6 Å². The van der Waals surface area contributed by atoms with E-state index >= 15 is 0 Å². The van der Waals surface area contributed by atoms with Gasteiger partial charge in [0.05, 0.1) is 17.5 Å². The van der Waals surface area contributed by atoms with Crippen LogP contribution in [0.4, 0.5) is 0 Å². The smallest absolute Gasteiger partial charge is 0.287 e. The summed E-state index contributed by atoms with van der Waals surface area (Å²) in [6, 6.07) is 6.17. The van der Waals surface area contributed by atoms with Gasteiger partial charge < -0.3 is 0 Å². The van der Waals surface area contributed by atoms with E-state index in [4.69, 9.17) is 0 Å². The normalized spacial score (nSPS) is 11.9. The van der Waals surface area contributed by atoms with Gasteiger partial charge in [-0.2, -0.15) is 8.42 Å². The van der Waals surface area contributed by atoms with Crippen molar-refractivity contribution >= 4 is 26.9 Å². The lowest BCUT2D eigenvalue weighted by Gasteiger charge is -2.03. The Balaban J connectivity index is 2.66. The van der Waals surface area contributed by atoms with Crippen molar-refractivity contribution in [2.75, 3.05) is 7.11 Å². The number of rotatable bonds is 2. The van der Waals surface area contributed by atoms with E-state index in [1.54, 1.807) is 18.3 Å². The third kappa shape index (κ3) is 1.96. The van der Waals surface area contributed by atoms with Crippen molar-refractivity contribution in [2.45, 2.75) is 11.8 Å². The van der Waals surface area contributed by atoms with Crippen molar-refractivity contribution in [1.82, 2.24) is 4.57 Å². The first-order chi connectivity index (χ1) is 7.95. The largest absolute Gasteiger partial charge is 0.296 e. The Labute approximate surface area is 98.7 Å². The molecule has 0 amide bonds. The maximum absolute atomic E-state index is 11.5.